The molecule has 1 amide bonds. The number of ether oxygens (including phenoxy) is 2. The molecule has 2 aliphatic rings. The van der Waals surface area contributed by atoms with Gasteiger partial charge in [0.2, 0.25) is 12.7 Å². The summed E-state index contributed by atoms with van der Waals surface area (Å²) in [5.74, 6) is 0.323. The van der Waals surface area contributed by atoms with Gasteiger partial charge >= 0.3 is 5.69 Å². The molecule has 4 aromatic rings. The minimum Gasteiger partial charge on any atom is -0.454 e. The maximum Gasteiger partial charge on any atom is 0.351 e. The van der Waals surface area contributed by atoms with Gasteiger partial charge in [0.15, 0.2) is 11.5 Å². The first-order valence-corrected chi connectivity index (χ1v) is 14.8. The fourth-order valence-electron chi connectivity index (χ4n) is 5.93. The van der Waals surface area contributed by atoms with E-state index in [0.29, 0.717) is 36.6 Å². The van der Waals surface area contributed by atoms with Crippen LogP contribution in [-0.2, 0) is 11.3 Å². The topological polar surface area (TPSA) is 103 Å². The van der Waals surface area contributed by atoms with E-state index in [0.717, 1.165) is 16.8 Å². The number of nitrogens with zero attached hydrogens (tertiary/aromatic N) is 6. The summed E-state index contributed by atoms with van der Waals surface area (Å²) in [6, 6.07) is 6.16. The number of pyridine rings is 2. The van der Waals surface area contributed by atoms with Crippen molar-refractivity contribution in [3.8, 4) is 22.8 Å². The van der Waals surface area contributed by atoms with E-state index in [4.69, 9.17) is 26.1 Å². The molecule has 12 heteroatoms. The second kappa shape index (κ2) is 11.5. The minimum absolute atomic E-state index is 0.0506. The molecule has 6 rings (SSSR count). The second-order valence-electron chi connectivity index (χ2n) is 11.3. The highest BCUT2D eigenvalue weighted by Gasteiger charge is 2.31. The van der Waals surface area contributed by atoms with Gasteiger partial charge in [-0.3, -0.25) is 14.3 Å². The number of carbonyl (C=O) groups excluding carboxylic acids is 1. The van der Waals surface area contributed by atoms with Crippen molar-refractivity contribution in [1.82, 2.24) is 24.4 Å². The molecule has 0 spiro atoms. The summed E-state index contributed by atoms with van der Waals surface area (Å²) in [5, 5.41) is 0.675. The molecule has 0 N–H and O–H groups in total. The molecule has 1 fully saturated rings. The summed E-state index contributed by atoms with van der Waals surface area (Å²) in [6.07, 6.45) is 3.05. The smallest absolute Gasteiger partial charge is 0.351 e. The van der Waals surface area contributed by atoms with E-state index in [9.17, 15) is 9.59 Å². The quantitative estimate of drug-likeness (QED) is 0.276. The molecule has 3 aromatic heterocycles. The molecule has 0 radical (unpaired) electrons. The Bertz CT molecular complexity index is 1880. The zero-order valence-electron chi connectivity index (χ0n) is 24.9. The van der Waals surface area contributed by atoms with Crippen LogP contribution in [-0.4, -0.2) is 62.8 Å². The van der Waals surface area contributed by atoms with Crippen molar-refractivity contribution in [2.75, 3.05) is 31.3 Å². The van der Waals surface area contributed by atoms with Crippen molar-refractivity contribution in [2.24, 2.45) is 0 Å². The van der Waals surface area contributed by atoms with E-state index in [-0.39, 0.29) is 58.9 Å². The molecular weight excluding hydrogens is 587 g/mol. The highest BCUT2D eigenvalue weighted by atomic mass is 35.5. The van der Waals surface area contributed by atoms with E-state index in [1.807, 2.05) is 38.7 Å². The first kappa shape index (κ1) is 29.6. The van der Waals surface area contributed by atoms with E-state index in [1.165, 1.54) is 22.8 Å². The molecule has 0 aliphatic carbocycles. The summed E-state index contributed by atoms with van der Waals surface area (Å²) in [4.78, 5) is 44.0. The van der Waals surface area contributed by atoms with E-state index in [1.54, 1.807) is 17.2 Å². The number of carbonyl (C=O) groups is 1. The van der Waals surface area contributed by atoms with Crippen LogP contribution in [0, 0.1) is 12.7 Å². The average Bonchev–Trinajstić information content (AvgIpc) is 3.47. The maximum atomic E-state index is 15.4. The van der Waals surface area contributed by atoms with Crippen molar-refractivity contribution in [3.63, 3.8) is 0 Å². The van der Waals surface area contributed by atoms with Crippen LogP contribution in [0.2, 0.25) is 5.02 Å². The van der Waals surface area contributed by atoms with Gasteiger partial charge in [-0.1, -0.05) is 32.0 Å². The van der Waals surface area contributed by atoms with Crippen LogP contribution in [0.1, 0.15) is 43.5 Å². The number of aromatic nitrogens is 4. The molecule has 1 aromatic carbocycles. The maximum absolute atomic E-state index is 15.4. The molecule has 5 heterocycles. The molecule has 0 bridgehead atoms. The van der Waals surface area contributed by atoms with Crippen LogP contribution in [0.25, 0.3) is 22.3 Å². The lowest BCUT2D eigenvalue weighted by atomic mass is 9.99. The van der Waals surface area contributed by atoms with Gasteiger partial charge in [0.25, 0.3) is 0 Å². The molecule has 1 atom stereocenters. The number of rotatable bonds is 6. The van der Waals surface area contributed by atoms with Crippen molar-refractivity contribution >= 4 is 34.4 Å². The number of anilines is 1. The number of hydrogen-bond acceptors (Lipinski definition) is 8. The second-order valence-corrected chi connectivity index (χ2v) is 11.7. The molecule has 2 aliphatic heterocycles. The minimum atomic E-state index is -0.590. The summed E-state index contributed by atoms with van der Waals surface area (Å²) < 4.78 is 28.0. The first-order valence-electron chi connectivity index (χ1n) is 14.4. The van der Waals surface area contributed by atoms with Gasteiger partial charge in [0, 0.05) is 37.6 Å². The Kier molecular flexibility index (Phi) is 7.75. The van der Waals surface area contributed by atoms with Crippen molar-refractivity contribution < 1.29 is 18.7 Å². The third kappa shape index (κ3) is 5.04. The standard InChI is InChI=1S/C32H32ClFN6O4/c1-6-25(41)38-11-12-39(19(5)14-38)31-20-13-22(33)28(26-23(34)7-8-24-29(26)44-16-43-24)36-30(20)40(32(42)37-31)15-21-18(4)9-10-35-27(21)17(2)3/h6-10,13,17,19H,1,11-12,14-16H2,2-5H3/t19-/m0/s1. The highest BCUT2D eigenvalue weighted by molar-refractivity contribution is 6.34. The number of fused-ring (bicyclic) bond motifs is 2. The molecule has 1 saturated heterocycles. The van der Waals surface area contributed by atoms with Gasteiger partial charge in [0.1, 0.15) is 17.3 Å². The van der Waals surface area contributed by atoms with Crippen molar-refractivity contribution in [3.05, 3.63) is 81.3 Å². The van der Waals surface area contributed by atoms with Gasteiger partial charge in [-0.2, -0.15) is 4.98 Å². The molecule has 228 valence electrons. The highest BCUT2D eigenvalue weighted by Crippen LogP contribution is 2.45. The van der Waals surface area contributed by atoms with Crippen LogP contribution in [0.15, 0.2) is 47.9 Å². The van der Waals surface area contributed by atoms with Crippen molar-refractivity contribution in [1.29, 1.82) is 0 Å². The Balaban J connectivity index is 1.58. The molecule has 0 unspecified atom stereocenters. The Morgan fingerprint density at radius 3 is 2.75 bits per heavy atom. The number of aryl methyl sites for hydroxylation is 1. The summed E-state index contributed by atoms with van der Waals surface area (Å²) in [5.41, 5.74) is 2.63. The van der Waals surface area contributed by atoms with Crippen LogP contribution >= 0.6 is 11.6 Å². The lowest BCUT2D eigenvalue weighted by molar-refractivity contribution is -0.126. The number of halogens is 2. The fourth-order valence-corrected chi connectivity index (χ4v) is 6.18. The molecule has 0 saturated carbocycles. The average molecular weight is 619 g/mol. The van der Waals surface area contributed by atoms with E-state index < -0.39 is 11.5 Å². The SMILES string of the molecule is C=CC(=O)N1CCN(c2nc(=O)n(Cc3c(C)ccnc3C(C)C)c3nc(-c4c(F)ccc5c4OCO5)c(Cl)cc23)[C@@H](C)C1. The zero-order valence-corrected chi connectivity index (χ0v) is 25.7. The Morgan fingerprint density at radius 1 is 1.23 bits per heavy atom. The normalized spacial score (nSPS) is 16.2. The molecular formula is C32H32ClFN6O4. The number of benzene rings is 1. The van der Waals surface area contributed by atoms with Crippen LogP contribution in [0.3, 0.4) is 0 Å². The first-order chi connectivity index (χ1) is 21.1. The number of amides is 1. The predicted octanol–water partition coefficient (Wildman–Crippen LogP) is 5.08. The largest absolute Gasteiger partial charge is 0.454 e. The van der Waals surface area contributed by atoms with Gasteiger partial charge in [-0.15, -0.1) is 0 Å². The third-order valence-electron chi connectivity index (χ3n) is 8.18. The van der Waals surface area contributed by atoms with Crippen LogP contribution in [0.4, 0.5) is 10.2 Å². The van der Waals surface area contributed by atoms with Gasteiger partial charge in [0.05, 0.1) is 28.2 Å². The molecule has 10 nitrogen and oxygen atoms in total. The summed E-state index contributed by atoms with van der Waals surface area (Å²) in [7, 11) is 0. The lowest BCUT2D eigenvalue weighted by Gasteiger charge is -2.40. The number of piperazine rings is 1. The summed E-state index contributed by atoms with van der Waals surface area (Å²) in [6.45, 7) is 13.0. The Hall–Kier alpha value is -4.51. The van der Waals surface area contributed by atoms with Crippen LogP contribution in [0.5, 0.6) is 11.5 Å². The Morgan fingerprint density at radius 2 is 2.02 bits per heavy atom. The zero-order chi connectivity index (χ0) is 31.3. The van der Waals surface area contributed by atoms with Gasteiger partial charge < -0.3 is 19.3 Å². The van der Waals surface area contributed by atoms with Gasteiger partial charge in [-0.25, -0.2) is 14.2 Å². The monoisotopic (exact) mass is 618 g/mol. The van der Waals surface area contributed by atoms with E-state index in [2.05, 4.69) is 16.5 Å². The van der Waals surface area contributed by atoms with Crippen molar-refractivity contribution in [2.45, 2.75) is 46.2 Å². The van der Waals surface area contributed by atoms with Gasteiger partial charge in [-0.05, 0) is 61.2 Å². The Labute approximate surface area is 258 Å². The number of hydrogen-bond donors (Lipinski definition) is 0. The third-order valence-corrected chi connectivity index (χ3v) is 8.47. The molecule has 44 heavy (non-hydrogen) atoms. The van der Waals surface area contributed by atoms with E-state index >= 15 is 4.39 Å². The van der Waals surface area contributed by atoms with Crippen LogP contribution < -0.4 is 20.1 Å². The fraction of sp³-hybridized carbons (Fsp3) is 0.344. The summed E-state index contributed by atoms with van der Waals surface area (Å²) >= 11 is 6.85. The predicted molar refractivity (Wildman–Crippen MR) is 166 cm³/mol. The lowest BCUT2D eigenvalue weighted by Crippen LogP contribution is -2.54.